The third kappa shape index (κ3) is 9.34. The molecule has 0 aliphatic heterocycles. The topological polar surface area (TPSA) is 177 Å². The highest BCUT2D eigenvalue weighted by Gasteiger charge is 2.14. The molecule has 7 N–H and O–H groups in total. The maximum Gasteiger partial charge on any atom is 0.266 e. The van der Waals surface area contributed by atoms with Crippen molar-refractivity contribution >= 4 is 42.5 Å². The minimum atomic E-state index is -4.01. The number of hydrogen-bond donors (Lipinski definition) is 5. The van der Waals surface area contributed by atoms with E-state index in [0.717, 1.165) is 21.5 Å². The summed E-state index contributed by atoms with van der Waals surface area (Å²) in [6.07, 6.45) is 0.867. The average Bonchev–Trinajstić information content (AvgIpc) is 3.20. The number of rotatable bonds is 8. The highest BCUT2D eigenvalue weighted by Crippen LogP contribution is 2.15. The Labute approximate surface area is 179 Å². The summed E-state index contributed by atoms with van der Waals surface area (Å²) in [7, 11) is -7.96. The molecule has 30 heavy (non-hydrogen) atoms. The van der Waals surface area contributed by atoms with Crippen molar-refractivity contribution in [3.05, 3.63) is 58.4 Å². The molecular formula is C18H25N3O6S3. The van der Waals surface area contributed by atoms with E-state index in [4.69, 9.17) is 20.6 Å². The zero-order valence-electron chi connectivity index (χ0n) is 16.0. The van der Waals surface area contributed by atoms with Gasteiger partial charge in [0.1, 0.15) is 0 Å². The van der Waals surface area contributed by atoms with Crippen LogP contribution in [0.3, 0.4) is 0 Å². The van der Waals surface area contributed by atoms with Gasteiger partial charge >= 0.3 is 0 Å². The van der Waals surface area contributed by atoms with Crippen LogP contribution >= 0.6 is 11.3 Å². The molecule has 2 aromatic heterocycles. The van der Waals surface area contributed by atoms with Crippen molar-refractivity contribution in [2.45, 2.75) is 24.9 Å². The number of aromatic nitrogens is 1. The molecule has 3 aromatic rings. The van der Waals surface area contributed by atoms with E-state index in [-0.39, 0.29) is 5.75 Å². The summed E-state index contributed by atoms with van der Waals surface area (Å²) in [6.45, 7) is 0. The Morgan fingerprint density at radius 2 is 1.50 bits per heavy atom. The second-order valence-corrected chi connectivity index (χ2v) is 10.9. The summed E-state index contributed by atoms with van der Waals surface area (Å²) in [5, 5.41) is 2.96. The molecule has 0 spiro atoms. The minimum Gasteiger partial charge on any atom is -0.358 e. The van der Waals surface area contributed by atoms with Gasteiger partial charge in [0.15, 0.2) is 0 Å². The molecule has 0 aliphatic carbocycles. The van der Waals surface area contributed by atoms with E-state index < -0.39 is 38.1 Å². The first kappa shape index (κ1) is 24.5. The first-order valence-electron chi connectivity index (χ1n) is 8.92. The summed E-state index contributed by atoms with van der Waals surface area (Å²) in [4.78, 5) is 4.18. The fourth-order valence-electron chi connectivity index (χ4n) is 2.87. The smallest absolute Gasteiger partial charge is 0.266 e. The van der Waals surface area contributed by atoms with Crippen molar-refractivity contribution in [3.8, 4) is 0 Å². The van der Waals surface area contributed by atoms with Gasteiger partial charge in [0.2, 0.25) is 0 Å². The van der Waals surface area contributed by atoms with Crippen LogP contribution in [0.5, 0.6) is 0 Å². The number of nitrogens with two attached hydrogens (primary N) is 2. The maximum atomic E-state index is 10.7. The molecule has 2 heterocycles. The molecule has 0 amide bonds. The molecule has 2 atom stereocenters. The minimum absolute atomic E-state index is 0.383. The van der Waals surface area contributed by atoms with Crippen LogP contribution in [0.1, 0.15) is 10.6 Å². The lowest BCUT2D eigenvalue weighted by molar-refractivity contribution is 0.474. The van der Waals surface area contributed by atoms with Gasteiger partial charge in [-0.05, 0) is 35.4 Å². The van der Waals surface area contributed by atoms with Crippen molar-refractivity contribution in [1.29, 1.82) is 0 Å². The molecule has 0 aliphatic rings. The van der Waals surface area contributed by atoms with Gasteiger partial charge < -0.3 is 16.5 Å². The van der Waals surface area contributed by atoms with Gasteiger partial charge in [0.25, 0.3) is 20.2 Å². The van der Waals surface area contributed by atoms with Crippen LogP contribution in [0.25, 0.3) is 10.9 Å². The van der Waals surface area contributed by atoms with Crippen LogP contribution in [0.15, 0.2) is 47.8 Å². The van der Waals surface area contributed by atoms with E-state index >= 15 is 0 Å². The number of hydrogen-bond acceptors (Lipinski definition) is 7. The summed E-state index contributed by atoms with van der Waals surface area (Å²) in [5.41, 5.74) is 13.0. The van der Waals surface area contributed by atoms with Crippen LogP contribution < -0.4 is 11.5 Å². The number of benzene rings is 1. The standard InChI is InChI=1S/C11H14N2O3S.C7H11NO3S2/c12-9(7-17(14,15)16)6-10-5-8-3-1-2-4-11(8)13-10;8-6(5-13(9,10)11)4-7-2-1-3-12-7/h1-5,9,13H,6-7,12H2,(H,14,15,16);1-3,6H,4-5,8H2,(H,9,10,11). The van der Waals surface area contributed by atoms with Crippen LogP contribution in [-0.4, -0.2) is 54.5 Å². The molecule has 3 rings (SSSR count). The molecule has 166 valence electrons. The Kier molecular flexibility index (Phi) is 8.55. The second kappa shape index (κ2) is 10.5. The lowest BCUT2D eigenvalue weighted by Crippen LogP contribution is -2.31. The van der Waals surface area contributed by atoms with Crippen molar-refractivity contribution < 1.29 is 25.9 Å². The van der Waals surface area contributed by atoms with Crippen LogP contribution in [0, 0.1) is 0 Å². The van der Waals surface area contributed by atoms with Crippen LogP contribution in [0.4, 0.5) is 0 Å². The molecule has 12 heteroatoms. The molecule has 0 saturated heterocycles. The number of thiophene rings is 1. The SMILES string of the molecule is NC(Cc1cc2ccccc2[nH]1)CS(=O)(=O)O.NC(Cc1cccs1)CS(=O)(=O)O. The van der Waals surface area contributed by atoms with Crippen LogP contribution in [0.2, 0.25) is 0 Å². The number of nitrogens with one attached hydrogen (secondary N) is 1. The molecule has 0 saturated carbocycles. The highest BCUT2D eigenvalue weighted by atomic mass is 32.2. The van der Waals surface area contributed by atoms with Gasteiger partial charge in [-0.1, -0.05) is 24.3 Å². The zero-order chi connectivity index (χ0) is 22.4. The molecule has 2 unspecified atom stereocenters. The Morgan fingerprint density at radius 3 is 2.03 bits per heavy atom. The lowest BCUT2D eigenvalue weighted by atomic mass is 10.2. The summed E-state index contributed by atoms with van der Waals surface area (Å²) >= 11 is 1.52. The van der Waals surface area contributed by atoms with E-state index in [0.29, 0.717) is 12.8 Å². The first-order chi connectivity index (χ1) is 13.9. The Balaban J connectivity index is 0.000000222. The van der Waals surface area contributed by atoms with Crippen molar-refractivity contribution in [2.24, 2.45) is 11.5 Å². The quantitative estimate of drug-likeness (QED) is 0.304. The molecule has 9 nitrogen and oxygen atoms in total. The van der Waals surface area contributed by atoms with E-state index in [1.165, 1.54) is 11.3 Å². The van der Waals surface area contributed by atoms with Crippen LogP contribution in [-0.2, 0) is 33.1 Å². The third-order valence-electron chi connectivity index (χ3n) is 3.96. The average molecular weight is 476 g/mol. The van der Waals surface area contributed by atoms with Gasteiger partial charge in [-0.2, -0.15) is 16.8 Å². The largest absolute Gasteiger partial charge is 0.358 e. The number of aromatic amines is 1. The van der Waals surface area contributed by atoms with Gasteiger partial charge in [0, 0.05) is 34.6 Å². The summed E-state index contributed by atoms with van der Waals surface area (Å²) < 4.78 is 59.4. The van der Waals surface area contributed by atoms with Gasteiger partial charge in [-0.25, -0.2) is 0 Å². The monoisotopic (exact) mass is 475 g/mol. The van der Waals surface area contributed by atoms with E-state index in [9.17, 15) is 16.8 Å². The fourth-order valence-corrected chi connectivity index (χ4v) is 4.99. The fraction of sp³-hybridized carbons (Fsp3) is 0.333. The van der Waals surface area contributed by atoms with E-state index in [2.05, 4.69) is 4.98 Å². The molecular weight excluding hydrogens is 450 g/mol. The summed E-state index contributed by atoms with van der Waals surface area (Å²) in [6, 6.07) is 12.3. The highest BCUT2D eigenvalue weighted by molar-refractivity contribution is 7.86. The van der Waals surface area contributed by atoms with E-state index in [1.54, 1.807) is 0 Å². The molecule has 0 bridgehead atoms. The predicted molar refractivity (Wildman–Crippen MR) is 119 cm³/mol. The van der Waals surface area contributed by atoms with Crippen molar-refractivity contribution in [2.75, 3.05) is 11.5 Å². The van der Waals surface area contributed by atoms with E-state index in [1.807, 2.05) is 47.8 Å². The normalized spacial score (nSPS) is 14.1. The Bertz CT molecular complexity index is 1110. The van der Waals surface area contributed by atoms with Gasteiger partial charge in [0.05, 0.1) is 11.5 Å². The van der Waals surface area contributed by atoms with Crippen molar-refractivity contribution in [3.63, 3.8) is 0 Å². The Morgan fingerprint density at radius 1 is 0.900 bits per heavy atom. The molecule has 0 fully saturated rings. The van der Waals surface area contributed by atoms with Gasteiger partial charge in [-0.3, -0.25) is 9.11 Å². The number of fused-ring (bicyclic) bond motifs is 1. The Hall–Kier alpha value is -1.80. The zero-order valence-corrected chi connectivity index (χ0v) is 18.5. The van der Waals surface area contributed by atoms with Crippen molar-refractivity contribution in [1.82, 2.24) is 4.98 Å². The predicted octanol–water partition coefficient (Wildman–Crippen LogP) is 1.43. The number of para-hydroxylation sites is 1. The molecule has 0 radical (unpaired) electrons. The first-order valence-corrected chi connectivity index (χ1v) is 13.0. The lowest BCUT2D eigenvalue weighted by Gasteiger charge is -2.07. The maximum absolute atomic E-state index is 10.7. The second-order valence-electron chi connectivity index (χ2n) is 6.89. The summed E-state index contributed by atoms with van der Waals surface area (Å²) in [5.74, 6) is -0.812. The molecule has 1 aromatic carbocycles. The third-order valence-corrected chi connectivity index (χ3v) is 6.56. The van der Waals surface area contributed by atoms with Gasteiger partial charge in [-0.15, -0.1) is 11.3 Å². The number of H-pyrrole nitrogens is 1.